The van der Waals surface area contributed by atoms with Crippen LogP contribution in [0.15, 0.2) is 61.2 Å². The Morgan fingerprint density at radius 2 is 1.89 bits per heavy atom. The maximum atomic E-state index is 12.2. The van der Waals surface area contributed by atoms with Crippen LogP contribution in [0.4, 0.5) is 0 Å². The fourth-order valence-corrected chi connectivity index (χ4v) is 4.46. The first-order chi connectivity index (χ1) is 17.8. The predicted octanol–water partition coefficient (Wildman–Crippen LogP) is 2.75. The van der Waals surface area contributed by atoms with Gasteiger partial charge in [-0.1, -0.05) is 23.8 Å². The van der Waals surface area contributed by atoms with Crippen molar-refractivity contribution in [1.82, 2.24) is 19.4 Å². The van der Waals surface area contributed by atoms with E-state index in [4.69, 9.17) is 14.2 Å². The number of rotatable bonds is 10. The van der Waals surface area contributed by atoms with Crippen LogP contribution in [0.2, 0.25) is 0 Å². The summed E-state index contributed by atoms with van der Waals surface area (Å²) in [5, 5.41) is 11.6. The summed E-state index contributed by atoms with van der Waals surface area (Å²) in [4.78, 5) is 20.1. The summed E-state index contributed by atoms with van der Waals surface area (Å²) in [6, 6.07) is 13.6. The van der Waals surface area contributed by atoms with Gasteiger partial charge >= 0.3 is 0 Å². The molecule has 1 N–H and O–H groups in total. The summed E-state index contributed by atoms with van der Waals surface area (Å²) in [6.45, 7) is 7.12. The van der Waals surface area contributed by atoms with Crippen LogP contribution in [0.5, 0.6) is 17.2 Å². The maximum Gasteiger partial charge on any atom is 0.219 e. The zero-order valence-corrected chi connectivity index (χ0v) is 21.8. The number of β-amino-alcohol motifs (C(OH)–C–C–N with tert-alkyl or cyclic N) is 1. The standard InChI is InChI=1S/C28H36N4O5/c1-22-4-7-25(8-5-22)37-20-28(34)18-31(12-13-32(19-28)23(2)33)17-24-6-9-26(35-3)27(16-24)36-15-14-30-11-10-29-21-30/h4-11,16,21,34H,12-15,17-20H2,1-3H3/t28-/m0/s1. The highest BCUT2D eigenvalue weighted by Crippen LogP contribution is 2.29. The van der Waals surface area contributed by atoms with Crippen LogP contribution in [0.3, 0.4) is 0 Å². The van der Waals surface area contributed by atoms with Crippen molar-refractivity contribution < 1.29 is 24.1 Å². The van der Waals surface area contributed by atoms with Gasteiger partial charge in [-0.05, 0) is 36.8 Å². The largest absolute Gasteiger partial charge is 0.493 e. The molecule has 1 aliphatic rings. The van der Waals surface area contributed by atoms with E-state index >= 15 is 0 Å². The van der Waals surface area contributed by atoms with E-state index in [9.17, 15) is 9.90 Å². The lowest BCUT2D eigenvalue weighted by Crippen LogP contribution is -2.51. The summed E-state index contributed by atoms with van der Waals surface area (Å²) in [7, 11) is 1.62. The average molecular weight is 509 g/mol. The molecule has 2 aromatic carbocycles. The fraction of sp³-hybridized carbons (Fsp3) is 0.429. The first kappa shape index (κ1) is 26.5. The van der Waals surface area contributed by atoms with Gasteiger partial charge < -0.3 is 28.8 Å². The molecule has 2 heterocycles. The molecule has 37 heavy (non-hydrogen) atoms. The summed E-state index contributed by atoms with van der Waals surface area (Å²) in [6.07, 6.45) is 5.39. The molecule has 0 bridgehead atoms. The average Bonchev–Trinajstić information content (AvgIpc) is 3.33. The second-order valence-corrected chi connectivity index (χ2v) is 9.61. The van der Waals surface area contributed by atoms with Crippen molar-refractivity contribution in [3.63, 3.8) is 0 Å². The molecule has 0 aliphatic carbocycles. The molecule has 9 heteroatoms. The molecule has 0 unspecified atom stereocenters. The summed E-state index contributed by atoms with van der Waals surface area (Å²) in [5.74, 6) is 1.96. The van der Waals surface area contributed by atoms with Crippen molar-refractivity contribution in [3.05, 3.63) is 72.3 Å². The van der Waals surface area contributed by atoms with Gasteiger partial charge in [0.2, 0.25) is 5.91 Å². The van der Waals surface area contributed by atoms with E-state index in [0.717, 1.165) is 11.1 Å². The van der Waals surface area contributed by atoms with Gasteiger partial charge in [0.05, 0.1) is 26.5 Å². The molecule has 1 saturated heterocycles. The Hall–Kier alpha value is -3.56. The third kappa shape index (κ3) is 7.47. The smallest absolute Gasteiger partial charge is 0.219 e. The van der Waals surface area contributed by atoms with Gasteiger partial charge in [0.1, 0.15) is 24.6 Å². The zero-order valence-electron chi connectivity index (χ0n) is 21.8. The van der Waals surface area contributed by atoms with Gasteiger partial charge in [0.25, 0.3) is 0 Å². The Labute approximate surface area is 218 Å². The van der Waals surface area contributed by atoms with Crippen molar-refractivity contribution >= 4 is 5.91 Å². The van der Waals surface area contributed by atoms with Gasteiger partial charge in [0.15, 0.2) is 11.5 Å². The molecule has 1 fully saturated rings. The lowest BCUT2D eigenvalue weighted by Gasteiger charge is -2.32. The zero-order chi connectivity index (χ0) is 26.3. The highest BCUT2D eigenvalue weighted by atomic mass is 16.5. The van der Waals surface area contributed by atoms with Crippen LogP contribution in [0, 0.1) is 6.92 Å². The Kier molecular flexibility index (Phi) is 8.68. The second-order valence-electron chi connectivity index (χ2n) is 9.61. The van der Waals surface area contributed by atoms with E-state index in [1.807, 2.05) is 60.2 Å². The monoisotopic (exact) mass is 508 g/mol. The summed E-state index contributed by atoms with van der Waals surface area (Å²) < 4.78 is 19.4. The van der Waals surface area contributed by atoms with Gasteiger partial charge in [0, 0.05) is 45.5 Å². The van der Waals surface area contributed by atoms with E-state index in [0.29, 0.717) is 56.6 Å². The lowest BCUT2D eigenvalue weighted by molar-refractivity contribution is -0.132. The van der Waals surface area contributed by atoms with Crippen LogP contribution in [-0.2, 0) is 17.9 Å². The fourth-order valence-electron chi connectivity index (χ4n) is 4.46. The molecule has 198 valence electrons. The van der Waals surface area contributed by atoms with Crippen LogP contribution in [-0.4, -0.2) is 82.5 Å². The molecular formula is C28H36N4O5. The molecular weight excluding hydrogens is 472 g/mol. The summed E-state index contributed by atoms with van der Waals surface area (Å²) >= 11 is 0. The van der Waals surface area contributed by atoms with E-state index in [1.165, 1.54) is 6.92 Å². The van der Waals surface area contributed by atoms with Gasteiger partial charge in [-0.3, -0.25) is 9.69 Å². The molecule has 1 aromatic heterocycles. The molecule has 4 rings (SSSR count). The van der Waals surface area contributed by atoms with Crippen LogP contribution < -0.4 is 14.2 Å². The minimum Gasteiger partial charge on any atom is -0.493 e. The number of aryl methyl sites for hydroxylation is 1. The van der Waals surface area contributed by atoms with Gasteiger partial charge in [-0.25, -0.2) is 4.98 Å². The van der Waals surface area contributed by atoms with Crippen molar-refractivity contribution in [2.24, 2.45) is 0 Å². The highest BCUT2D eigenvalue weighted by molar-refractivity contribution is 5.73. The number of nitrogens with zero attached hydrogens (tertiary/aromatic N) is 4. The molecule has 1 amide bonds. The number of aromatic nitrogens is 2. The van der Waals surface area contributed by atoms with Crippen LogP contribution in [0.25, 0.3) is 0 Å². The minimum atomic E-state index is -1.22. The molecule has 0 spiro atoms. The number of imidazole rings is 1. The maximum absolute atomic E-state index is 12.2. The Morgan fingerprint density at radius 3 is 2.59 bits per heavy atom. The van der Waals surface area contributed by atoms with Gasteiger partial charge in [-0.2, -0.15) is 0 Å². The highest BCUT2D eigenvalue weighted by Gasteiger charge is 2.37. The summed E-state index contributed by atoms with van der Waals surface area (Å²) in [5.41, 5.74) is 0.944. The molecule has 3 aromatic rings. The molecule has 0 saturated carbocycles. The first-order valence-corrected chi connectivity index (χ1v) is 12.5. The van der Waals surface area contributed by atoms with E-state index in [-0.39, 0.29) is 19.1 Å². The van der Waals surface area contributed by atoms with E-state index < -0.39 is 5.60 Å². The first-order valence-electron chi connectivity index (χ1n) is 12.5. The van der Waals surface area contributed by atoms with Crippen molar-refractivity contribution in [1.29, 1.82) is 0 Å². The van der Waals surface area contributed by atoms with Gasteiger partial charge in [-0.15, -0.1) is 0 Å². The number of carbonyl (C=O) groups excluding carboxylic acids is 1. The third-order valence-electron chi connectivity index (χ3n) is 6.46. The molecule has 1 aliphatic heterocycles. The number of benzene rings is 2. The van der Waals surface area contributed by atoms with Crippen molar-refractivity contribution in [2.45, 2.75) is 32.5 Å². The number of hydrogen-bond donors (Lipinski definition) is 1. The van der Waals surface area contributed by atoms with Crippen molar-refractivity contribution in [3.8, 4) is 17.2 Å². The number of carbonyl (C=O) groups is 1. The molecule has 0 radical (unpaired) electrons. The number of methoxy groups -OCH3 is 1. The quantitative estimate of drug-likeness (QED) is 0.451. The molecule has 1 atom stereocenters. The van der Waals surface area contributed by atoms with Crippen LogP contribution in [0.1, 0.15) is 18.1 Å². The number of amides is 1. The topological polar surface area (TPSA) is 89.3 Å². The predicted molar refractivity (Wildman–Crippen MR) is 140 cm³/mol. The number of aliphatic hydroxyl groups is 1. The SMILES string of the molecule is COc1ccc(CN2CCN(C(C)=O)C[C@](O)(COc3ccc(C)cc3)C2)cc1OCCn1ccnc1. The lowest BCUT2D eigenvalue weighted by atomic mass is 10.0. The Morgan fingerprint density at radius 1 is 1.08 bits per heavy atom. The second kappa shape index (κ2) is 12.1. The normalized spacial score (nSPS) is 18.3. The van der Waals surface area contributed by atoms with Crippen molar-refractivity contribution in [2.75, 3.05) is 46.5 Å². The Balaban J connectivity index is 1.44. The minimum absolute atomic E-state index is 0.0614. The molecule has 9 nitrogen and oxygen atoms in total. The Bertz CT molecular complexity index is 1150. The third-order valence-corrected chi connectivity index (χ3v) is 6.46. The van der Waals surface area contributed by atoms with E-state index in [1.54, 1.807) is 24.5 Å². The number of hydrogen-bond acceptors (Lipinski definition) is 7. The van der Waals surface area contributed by atoms with Crippen LogP contribution >= 0.6 is 0 Å². The number of ether oxygens (including phenoxy) is 3. The van der Waals surface area contributed by atoms with E-state index in [2.05, 4.69) is 9.88 Å².